The average molecular weight is 426 g/mol. The topological polar surface area (TPSA) is 63.2 Å². The van der Waals surface area contributed by atoms with Crippen molar-refractivity contribution in [3.05, 3.63) is 53.6 Å². The number of carbonyl (C=O) groups is 1. The van der Waals surface area contributed by atoms with Crippen LogP contribution in [0.5, 0.6) is 17.2 Å². The molecule has 0 amide bonds. The largest absolute Gasteiger partial charge is 0.493 e. The lowest BCUT2D eigenvalue weighted by Gasteiger charge is -2.33. The van der Waals surface area contributed by atoms with E-state index in [4.69, 9.17) is 23.7 Å². The van der Waals surface area contributed by atoms with Crippen LogP contribution in [0.2, 0.25) is 0 Å². The van der Waals surface area contributed by atoms with Crippen LogP contribution < -0.4 is 14.2 Å². The first kappa shape index (κ1) is 21.8. The molecule has 3 rings (SSSR count). The van der Waals surface area contributed by atoms with Gasteiger partial charge in [0.15, 0.2) is 11.5 Å². The molecule has 0 saturated carbocycles. The molecule has 0 spiro atoms. The number of benzene rings is 2. The smallest absolute Gasteiger partial charge is 0.432 e. The number of hydrogen-bond donors (Lipinski definition) is 0. The van der Waals surface area contributed by atoms with Gasteiger partial charge in [0, 0.05) is 19.1 Å². The van der Waals surface area contributed by atoms with Gasteiger partial charge < -0.3 is 23.7 Å². The maximum absolute atomic E-state index is 14.0. The van der Waals surface area contributed by atoms with Crippen LogP contribution in [0.25, 0.3) is 0 Å². The summed E-state index contributed by atoms with van der Waals surface area (Å²) in [6, 6.07) is 10.00. The number of esters is 1. The summed E-state index contributed by atoms with van der Waals surface area (Å²) in [7, 11) is 2.29. The van der Waals surface area contributed by atoms with Gasteiger partial charge in [0.25, 0.3) is 5.60 Å². The molecular formula is C21H21F3O6. The Hall–Kier alpha value is -2.94. The molecule has 1 heterocycles. The highest BCUT2D eigenvalue weighted by molar-refractivity contribution is 5.82. The maximum Gasteiger partial charge on any atom is 0.432 e. The molecule has 30 heavy (non-hydrogen) atoms. The van der Waals surface area contributed by atoms with E-state index in [0.29, 0.717) is 22.8 Å². The molecular weight excluding hydrogens is 405 g/mol. The zero-order chi connectivity index (χ0) is 21.9. The van der Waals surface area contributed by atoms with Crippen molar-refractivity contribution in [2.45, 2.75) is 31.2 Å². The van der Waals surface area contributed by atoms with Gasteiger partial charge in [-0.2, -0.15) is 13.2 Å². The fourth-order valence-corrected chi connectivity index (χ4v) is 3.33. The molecule has 1 unspecified atom stereocenters. The molecule has 0 saturated heterocycles. The van der Waals surface area contributed by atoms with Gasteiger partial charge in [0.2, 0.25) is 12.5 Å². The van der Waals surface area contributed by atoms with Crippen molar-refractivity contribution in [3.63, 3.8) is 0 Å². The molecule has 2 aromatic rings. The standard InChI is InChI=1S/C21H21F3O6/c1-13(9-14-10-16(26-2)18-17(11-14)28-12-29-18)30-19(25)20(27-3,21(22,23)24)15-7-5-4-6-8-15/h4-8,10-11,13H,9,12H2,1-3H3/t13-,20?/m1/s1. The van der Waals surface area contributed by atoms with Gasteiger partial charge in [-0.25, -0.2) is 4.79 Å². The Morgan fingerprint density at radius 2 is 1.83 bits per heavy atom. The van der Waals surface area contributed by atoms with E-state index in [1.54, 1.807) is 18.2 Å². The second kappa shape index (κ2) is 8.43. The molecule has 1 aliphatic heterocycles. The Morgan fingerprint density at radius 3 is 2.43 bits per heavy atom. The number of halogens is 3. The zero-order valence-electron chi connectivity index (χ0n) is 16.6. The van der Waals surface area contributed by atoms with Crippen molar-refractivity contribution in [1.29, 1.82) is 0 Å². The first-order valence-electron chi connectivity index (χ1n) is 9.08. The second-order valence-corrected chi connectivity index (χ2v) is 6.70. The molecule has 0 fully saturated rings. The Bertz CT molecular complexity index is 900. The van der Waals surface area contributed by atoms with E-state index in [2.05, 4.69) is 0 Å². The SMILES string of the molecule is COc1cc(C[C@@H](C)OC(=O)C(OC)(c2ccccc2)C(F)(F)F)cc2c1OCO2. The second-order valence-electron chi connectivity index (χ2n) is 6.70. The van der Waals surface area contributed by atoms with Gasteiger partial charge in [0.05, 0.1) is 7.11 Å². The summed E-state index contributed by atoms with van der Waals surface area (Å²) in [6.07, 6.45) is -5.78. The molecule has 1 aliphatic rings. The van der Waals surface area contributed by atoms with Crippen LogP contribution in [-0.4, -0.2) is 39.3 Å². The lowest BCUT2D eigenvalue weighted by atomic mass is 9.92. The number of hydrogen-bond acceptors (Lipinski definition) is 6. The van der Waals surface area contributed by atoms with Crippen molar-refractivity contribution >= 4 is 5.97 Å². The predicted octanol–water partition coefficient (Wildman–Crippen LogP) is 4.00. The lowest BCUT2D eigenvalue weighted by molar-refractivity contribution is -0.278. The fourth-order valence-electron chi connectivity index (χ4n) is 3.33. The van der Waals surface area contributed by atoms with Gasteiger partial charge in [-0.3, -0.25) is 0 Å². The third-order valence-corrected chi connectivity index (χ3v) is 4.72. The maximum atomic E-state index is 14.0. The highest BCUT2D eigenvalue weighted by Gasteiger charge is 2.64. The first-order valence-corrected chi connectivity index (χ1v) is 9.08. The Kier molecular flexibility index (Phi) is 6.12. The van der Waals surface area contributed by atoms with Gasteiger partial charge >= 0.3 is 12.1 Å². The van der Waals surface area contributed by atoms with Crippen molar-refractivity contribution in [2.75, 3.05) is 21.0 Å². The first-order chi connectivity index (χ1) is 14.2. The highest BCUT2D eigenvalue weighted by atomic mass is 19.4. The van der Waals surface area contributed by atoms with Crippen molar-refractivity contribution in [3.8, 4) is 17.2 Å². The summed E-state index contributed by atoms with van der Waals surface area (Å²) in [4.78, 5) is 12.7. The quantitative estimate of drug-likeness (QED) is 0.624. The van der Waals surface area contributed by atoms with E-state index in [1.807, 2.05) is 0 Å². The van der Waals surface area contributed by atoms with Crippen LogP contribution in [0.4, 0.5) is 13.2 Å². The molecule has 0 N–H and O–H groups in total. The predicted molar refractivity (Wildman–Crippen MR) is 99.6 cm³/mol. The van der Waals surface area contributed by atoms with Crippen LogP contribution in [0.3, 0.4) is 0 Å². The summed E-state index contributed by atoms with van der Waals surface area (Å²) in [5.74, 6) is -0.215. The van der Waals surface area contributed by atoms with Crippen LogP contribution in [0.1, 0.15) is 18.1 Å². The number of rotatable bonds is 7. The molecule has 0 bridgehead atoms. The lowest BCUT2D eigenvalue weighted by Crippen LogP contribution is -2.52. The van der Waals surface area contributed by atoms with E-state index < -0.39 is 23.9 Å². The number of carbonyl (C=O) groups excluding carboxylic acids is 1. The monoisotopic (exact) mass is 426 g/mol. The van der Waals surface area contributed by atoms with Gasteiger partial charge in [-0.15, -0.1) is 0 Å². The van der Waals surface area contributed by atoms with E-state index in [1.165, 1.54) is 38.3 Å². The van der Waals surface area contributed by atoms with E-state index in [-0.39, 0.29) is 18.8 Å². The van der Waals surface area contributed by atoms with E-state index in [9.17, 15) is 18.0 Å². The molecule has 9 heteroatoms. The van der Waals surface area contributed by atoms with Gasteiger partial charge in [-0.05, 0) is 24.6 Å². The minimum atomic E-state index is -5.03. The minimum absolute atomic E-state index is 0.0404. The number of alkyl halides is 3. The van der Waals surface area contributed by atoms with Crippen molar-refractivity contribution < 1.29 is 41.7 Å². The van der Waals surface area contributed by atoms with E-state index >= 15 is 0 Å². The highest BCUT2D eigenvalue weighted by Crippen LogP contribution is 2.44. The molecule has 2 aromatic carbocycles. The average Bonchev–Trinajstić information content (AvgIpc) is 3.16. The summed E-state index contributed by atoms with van der Waals surface area (Å²) in [6.45, 7) is 1.54. The van der Waals surface area contributed by atoms with Crippen LogP contribution in [0, 0.1) is 0 Å². The van der Waals surface area contributed by atoms with Crippen LogP contribution in [0.15, 0.2) is 42.5 Å². The minimum Gasteiger partial charge on any atom is -0.493 e. The Morgan fingerprint density at radius 1 is 1.13 bits per heavy atom. The van der Waals surface area contributed by atoms with Crippen LogP contribution in [-0.2, 0) is 26.3 Å². The van der Waals surface area contributed by atoms with Gasteiger partial charge in [-0.1, -0.05) is 30.3 Å². The third kappa shape index (κ3) is 3.89. The zero-order valence-corrected chi connectivity index (χ0v) is 16.6. The van der Waals surface area contributed by atoms with Crippen molar-refractivity contribution in [1.82, 2.24) is 0 Å². The normalized spacial score (nSPS) is 15.9. The van der Waals surface area contributed by atoms with Crippen LogP contribution >= 0.6 is 0 Å². The molecule has 162 valence electrons. The summed E-state index contributed by atoms with van der Waals surface area (Å²) in [5.41, 5.74) is -2.94. The fraction of sp³-hybridized carbons (Fsp3) is 0.381. The third-order valence-electron chi connectivity index (χ3n) is 4.72. The van der Waals surface area contributed by atoms with Gasteiger partial charge in [0.1, 0.15) is 6.10 Å². The van der Waals surface area contributed by atoms with Crippen molar-refractivity contribution in [2.24, 2.45) is 0 Å². The van der Waals surface area contributed by atoms with E-state index in [0.717, 1.165) is 7.11 Å². The summed E-state index contributed by atoms with van der Waals surface area (Å²) < 4.78 is 67.7. The molecule has 0 aliphatic carbocycles. The Labute approximate surface area is 171 Å². The summed E-state index contributed by atoms with van der Waals surface area (Å²) >= 11 is 0. The Balaban J connectivity index is 1.83. The molecule has 2 atom stereocenters. The number of methoxy groups -OCH3 is 2. The number of fused-ring (bicyclic) bond motifs is 1. The molecule has 6 nitrogen and oxygen atoms in total. The molecule has 0 aromatic heterocycles. The number of ether oxygens (including phenoxy) is 5. The molecule has 0 radical (unpaired) electrons. The summed E-state index contributed by atoms with van der Waals surface area (Å²) in [5, 5.41) is 0.